The SMILES string of the molecule is CC(C)(C)N1C[C@@H](COc2cccc3ccccc23)O[P+]1([O-])c1ccccc1. The molecule has 28 heavy (non-hydrogen) atoms. The number of rotatable bonds is 4. The fraction of sp³-hybridized carbons (Fsp3) is 0.304. The van der Waals surface area contributed by atoms with Crippen LogP contribution in [0.3, 0.4) is 0 Å². The molecule has 4 nitrogen and oxygen atoms in total. The Morgan fingerprint density at radius 2 is 1.68 bits per heavy atom. The first-order valence-corrected chi connectivity index (χ1v) is 11.2. The molecule has 1 heterocycles. The summed E-state index contributed by atoms with van der Waals surface area (Å²) in [7, 11) is -3.13. The molecule has 2 atom stereocenters. The van der Waals surface area contributed by atoms with Crippen LogP contribution in [0.1, 0.15) is 20.8 Å². The monoisotopic (exact) mass is 395 g/mol. The minimum Gasteiger partial charge on any atom is -0.637 e. The van der Waals surface area contributed by atoms with Gasteiger partial charge in [-0.15, -0.1) is 4.67 Å². The van der Waals surface area contributed by atoms with E-state index in [0.717, 1.165) is 21.8 Å². The Morgan fingerprint density at radius 3 is 2.43 bits per heavy atom. The van der Waals surface area contributed by atoms with Crippen molar-refractivity contribution in [3.05, 3.63) is 72.8 Å². The number of hydrogen-bond donors (Lipinski definition) is 0. The maximum absolute atomic E-state index is 13.9. The van der Waals surface area contributed by atoms with E-state index >= 15 is 0 Å². The zero-order valence-corrected chi connectivity index (χ0v) is 17.4. The van der Waals surface area contributed by atoms with E-state index < -0.39 is 7.87 Å². The van der Waals surface area contributed by atoms with Crippen LogP contribution in [0.25, 0.3) is 10.8 Å². The van der Waals surface area contributed by atoms with Crippen LogP contribution in [0, 0.1) is 0 Å². The molecule has 0 aromatic heterocycles. The second kappa shape index (κ2) is 7.46. The highest BCUT2D eigenvalue weighted by Crippen LogP contribution is 2.61. The predicted octanol–water partition coefficient (Wildman–Crippen LogP) is 4.17. The van der Waals surface area contributed by atoms with Crippen molar-refractivity contribution in [2.24, 2.45) is 0 Å². The molecular weight excluding hydrogens is 369 g/mol. The molecule has 1 fully saturated rings. The van der Waals surface area contributed by atoms with Crippen LogP contribution >= 0.6 is 7.87 Å². The lowest BCUT2D eigenvalue weighted by Gasteiger charge is -2.39. The van der Waals surface area contributed by atoms with E-state index in [-0.39, 0.29) is 11.6 Å². The smallest absolute Gasteiger partial charge is 0.209 e. The zero-order chi connectivity index (χ0) is 19.8. The van der Waals surface area contributed by atoms with Crippen molar-refractivity contribution in [1.29, 1.82) is 0 Å². The van der Waals surface area contributed by atoms with Crippen molar-refractivity contribution in [3.8, 4) is 5.75 Å². The van der Waals surface area contributed by atoms with Gasteiger partial charge in [-0.2, -0.15) is 0 Å². The first-order valence-electron chi connectivity index (χ1n) is 9.61. The van der Waals surface area contributed by atoms with E-state index in [0.29, 0.717) is 13.2 Å². The van der Waals surface area contributed by atoms with Crippen LogP contribution in [0.15, 0.2) is 72.8 Å². The van der Waals surface area contributed by atoms with Crippen LogP contribution in [0.4, 0.5) is 0 Å². The van der Waals surface area contributed by atoms with E-state index in [1.165, 1.54) is 0 Å². The Labute approximate surface area is 167 Å². The van der Waals surface area contributed by atoms with Crippen molar-refractivity contribution in [3.63, 3.8) is 0 Å². The van der Waals surface area contributed by atoms with Gasteiger partial charge >= 0.3 is 0 Å². The lowest BCUT2D eigenvalue weighted by molar-refractivity contribution is -0.199. The van der Waals surface area contributed by atoms with Gasteiger partial charge in [-0.3, -0.25) is 0 Å². The molecule has 0 spiro atoms. The van der Waals surface area contributed by atoms with Gasteiger partial charge in [0.1, 0.15) is 17.7 Å². The molecule has 1 unspecified atom stereocenters. The van der Waals surface area contributed by atoms with Gasteiger partial charge < -0.3 is 9.63 Å². The van der Waals surface area contributed by atoms with Crippen LogP contribution in [0.2, 0.25) is 0 Å². The van der Waals surface area contributed by atoms with Crippen LogP contribution < -0.4 is 14.9 Å². The van der Waals surface area contributed by atoms with Crippen LogP contribution in [0.5, 0.6) is 5.75 Å². The summed E-state index contributed by atoms with van der Waals surface area (Å²) >= 11 is 0. The first kappa shape index (κ1) is 19.4. The molecule has 4 rings (SSSR count). The van der Waals surface area contributed by atoms with Gasteiger partial charge in [0.2, 0.25) is 7.87 Å². The third-order valence-electron chi connectivity index (χ3n) is 5.02. The molecule has 0 N–H and O–H groups in total. The quantitative estimate of drug-likeness (QED) is 0.622. The number of nitrogens with zero attached hydrogens (tertiary/aromatic N) is 1. The normalized spacial score (nSPS) is 23.2. The summed E-state index contributed by atoms with van der Waals surface area (Å²) in [5, 5.41) is 2.94. The summed E-state index contributed by atoms with van der Waals surface area (Å²) in [6.45, 7) is 7.14. The van der Waals surface area contributed by atoms with Crippen molar-refractivity contribution < 1.29 is 14.2 Å². The molecule has 3 aromatic rings. The van der Waals surface area contributed by atoms with Gasteiger partial charge in [0.15, 0.2) is 6.10 Å². The van der Waals surface area contributed by atoms with E-state index in [4.69, 9.17) is 9.26 Å². The first-order chi connectivity index (χ1) is 13.4. The maximum Gasteiger partial charge on any atom is 0.209 e. The van der Waals surface area contributed by atoms with Gasteiger partial charge in [-0.05, 0) is 44.4 Å². The fourth-order valence-corrected chi connectivity index (χ4v) is 6.45. The van der Waals surface area contributed by atoms with E-state index in [1.807, 2.05) is 59.3 Å². The summed E-state index contributed by atoms with van der Waals surface area (Å²) in [4.78, 5) is 13.9. The summed E-state index contributed by atoms with van der Waals surface area (Å²) < 4.78 is 14.3. The standard InChI is InChI=1S/C23H26NO3P/c1-23(2,3)24-16-19(27-28(24,25)20-12-5-4-6-13-20)17-26-22-15-9-11-18-10-7-8-14-21(18)22/h4-15,19H,16-17H2,1-3H3/t19-,28?/m0/s1. The van der Waals surface area contributed by atoms with Gasteiger partial charge in [-0.1, -0.05) is 54.6 Å². The van der Waals surface area contributed by atoms with E-state index in [1.54, 1.807) is 0 Å². The summed E-state index contributed by atoms with van der Waals surface area (Å²) in [6, 6.07) is 23.7. The van der Waals surface area contributed by atoms with E-state index in [9.17, 15) is 4.89 Å². The van der Waals surface area contributed by atoms with Crippen LogP contribution in [-0.2, 0) is 4.52 Å². The average molecular weight is 395 g/mol. The molecule has 0 amide bonds. The Balaban J connectivity index is 1.56. The van der Waals surface area contributed by atoms with Crippen molar-refractivity contribution in [2.45, 2.75) is 32.4 Å². The van der Waals surface area contributed by atoms with Crippen molar-refractivity contribution >= 4 is 23.9 Å². The summed E-state index contributed by atoms with van der Waals surface area (Å²) in [5.41, 5.74) is -0.278. The van der Waals surface area contributed by atoms with Gasteiger partial charge in [0.25, 0.3) is 0 Å². The average Bonchev–Trinajstić information content (AvgIpc) is 3.05. The van der Waals surface area contributed by atoms with Gasteiger partial charge in [-0.25, -0.2) is 4.52 Å². The van der Waals surface area contributed by atoms with Gasteiger partial charge in [0, 0.05) is 10.9 Å². The highest BCUT2D eigenvalue weighted by Gasteiger charge is 2.54. The van der Waals surface area contributed by atoms with Gasteiger partial charge in [0.05, 0.1) is 6.54 Å². The molecule has 0 saturated carbocycles. The Morgan fingerprint density at radius 1 is 1.00 bits per heavy atom. The maximum atomic E-state index is 13.9. The summed E-state index contributed by atoms with van der Waals surface area (Å²) in [5.74, 6) is 0.824. The lowest BCUT2D eigenvalue weighted by atomic mass is 10.1. The molecule has 0 bridgehead atoms. The van der Waals surface area contributed by atoms with Crippen molar-refractivity contribution in [1.82, 2.24) is 4.67 Å². The molecule has 3 aromatic carbocycles. The zero-order valence-electron chi connectivity index (χ0n) is 16.5. The summed E-state index contributed by atoms with van der Waals surface area (Å²) in [6.07, 6.45) is -0.260. The molecule has 1 saturated heterocycles. The Bertz CT molecular complexity index is 951. The highest BCUT2D eigenvalue weighted by atomic mass is 31.2. The molecule has 0 aliphatic carbocycles. The molecule has 5 heteroatoms. The number of hydrogen-bond acceptors (Lipinski definition) is 4. The topological polar surface area (TPSA) is 44.8 Å². The Hall–Kier alpha value is -1.97. The lowest BCUT2D eigenvalue weighted by Crippen LogP contribution is -2.45. The predicted molar refractivity (Wildman–Crippen MR) is 114 cm³/mol. The van der Waals surface area contributed by atoms with E-state index in [2.05, 4.69) is 39.0 Å². The molecule has 0 radical (unpaired) electrons. The van der Waals surface area contributed by atoms with Crippen LogP contribution in [-0.4, -0.2) is 29.5 Å². The molecular formula is C23H26NO3P. The minimum absolute atomic E-state index is 0.260. The molecule has 1 aliphatic rings. The second-order valence-electron chi connectivity index (χ2n) is 8.12. The highest BCUT2D eigenvalue weighted by molar-refractivity contribution is 7.70. The Kier molecular flexibility index (Phi) is 5.15. The minimum atomic E-state index is -3.13. The fourth-order valence-electron chi connectivity index (χ4n) is 3.67. The largest absolute Gasteiger partial charge is 0.637 e. The number of ether oxygens (including phenoxy) is 1. The third kappa shape index (κ3) is 3.66. The molecule has 146 valence electrons. The number of fused-ring (bicyclic) bond motifs is 1. The molecule has 1 aliphatic heterocycles. The second-order valence-corrected chi connectivity index (χ2v) is 10.4. The third-order valence-corrected chi connectivity index (χ3v) is 7.95. The van der Waals surface area contributed by atoms with Crippen molar-refractivity contribution in [2.75, 3.05) is 13.2 Å². The number of benzene rings is 3.